The third kappa shape index (κ3) is 3.54. The van der Waals surface area contributed by atoms with Crippen molar-refractivity contribution in [3.05, 3.63) is 70.1 Å². The molecule has 1 fully saturated rings. The van der Waals surface area contributed by atoms with Crippen molar-refractivity contribution >= 4 is 29.1 Å². The van der Waals surface area contributed by atoms with Crippen LogP contribution in [0.15, 0.2) is 42.6 Å². The van der Waals surface area contributed by atoms with Gasteiger partial charge in [-0.3, -0.25) is 14.7 Å². The SMILES string of the molecule is Cc1cc(N2CCNCC2)nc(N2Cc3c(ccnc3-c3c(F)cccc3Cl)C2=O)c1. The van der Waals surface area contributed by atoms with E-state index in [1.165, 1.54) is 12.3 Å². The first-order chi connectivity index (χ1) is 15.0. The minimum atomic E-state index is -0.464. The molecule has 3 aromatic rings. The van der Waals surface area contributed by atoms with Gasteiger partial charge in [-0.15, -0.1) is 0 Å². The maximum Gasteiger partial charge on any atom is 0.260 e. The number of fused-ring (bicyclic) bond motifs is 1. The number of rotatable bonds is 3. The van der Waals surface area contributed by atoms with Gasteiger partial charge in [0.2, 0.25) is 0 Å². The van der Waals surface area contributed by atoms with Crippen molar-refractivity contribution < 1.29 is 9.18 Å². The van der Waals surface area contributed by atoms with Crippen LogP contribution in [0.25, 0.3) is 11.3 Å². The Morgan fingerprint density at radius 1 is 1.13 bits per heavy atom. The maximum absolute atomic E-state index is 14.6. The molecule has 0 aliphatic carbocycles. The first kappa shape index (κ1) is 19.9. The second-order valence-electron chi connectivity index (χ2n) is 7.77. The summed E-state index contributed by atoms with van der Waals surface area (Å²) in [5, 5.41) is 3.60. The predicted molar refractivity (Wildman–Crippen MR) is 119 cm³/mol. The van der Waals surface area contributed by atoms with Crippen molar-refractivity contribution in [3.63, 3.8) is 0 Å². The molecule has 0 bridgehead atoms. The minimum absolute atomic E-state index is 0.171. The molecule has 158 valence electrons. The average molecular weight is 438 g/mol. The molecule has 6 nitrogen and oxygen atoms in total. The van der Waals surface area contributed by atoms with Crippen molar-refractivity contribution in [1.82, 2.24) is 15.3 Å². The van der Waals surface area contributed by atoms with Crippen LogP contribution in [0.2, 0.25) is 5.02 Å². The van der Waals surface area contributed by atoms with Gasteiger partial charge in [-0.1, -0.05) is 17.7 Å². The molecule has 1 N–H and O–H groups in total. The number of anilines is 2. The molecule has 0 spiro atoms. The standard InChI is InChI=1S/C23H21ClFN5O/c1-14-11-19(29-9-7-26-8-10-29)28-20(12-14)30-13-16-15(23(30)31)5-6-27-22(16)21-17(24)3-2-4-18(21)25/h2-6,11-12,26H,7-10,13H2,1H3. The molecule has 1 amide bonds. The number of carbonyl (C=O) groups excluding carboxylic acids is 1. The molecule has 2 aromatic heterocycles. The predicted octanol–water partition coefficient (Wildman–Crippen LogP) is 3.81. The summed E-state index contributed by atoms with van der Waals surface area (Å²) in [6, 6.07) is 10.1. The van der Waals surface area contributed by atoms with Crippen LogP contribution >= 0.6 is 11.6 Å². The van der Waals surface area contributed by atoms with E-state index in [1.54, 1.807) is 23.1 Å². The molecule has 1 saturated heterocycles. The highest BCUT2D eigenvalue weighted by molar-refractivity contribution is 6.33. The highest BCUT2D eigenvalue weighted by Gasteiger charge is 2.33. The molecule has 0 saturated carbocycles. The fourth-order valence-electron chi connectivity index (χ4n) is 4.18. The average Bonchev–Trinajstić information content (AvgIpc) is 3.11. The van der Waals surface area contributed by atoms with Gasteiger partial charge in [-0.2, -0.15) is 0 Å². The highest BCUT2D eigenvalue weighted by Crippen LogP contribution is 2.37. The summed E-state index contributed by atoms with van der Waals surface area (Å²) in [6.07, 6.45) is 1.52. The number of aromatic nitrogens is 2. The molecule has 2 aliphatic rings. The number of hydrogen-bond acceptors (Lipinski definition) is 5. The number of nitrogens with zero attached hydrogens (tertiary/aromatic N) is 4. The number of pyridine rings is 2. The molecule has 8 heteroatoms. The highest BCUT2D eigenvalue weighted by atomic mass is 35.5. The number of aryl methyl sites for hydroxylation is 1. The van der Waals surface area contributed by atoms with Gasteiger partial charge in [-0.05, 0) is 42.8 Å². The Morgan fingerprint density at radius 2 is 1.90 bits per heavy atom. The Balaban J connectivity index is 1.55. The van der Waals surface area contributed by atoms with E-state index < -0.39 is 5.82 Å². The Labute approximate surface area is 184 Å². The fourth-order valence-corrected chi connectivity index (χ4v) is 4.43. The number of carbonyl (C=O) groups is 1. The molecule has 31 heavy (non-hydrogen) atoms. The van der Waals surface area contributed by atoms with Crippen molar-refractivity contribution in [1.29, 1.82) is 0 Å². The number of hydrogen-bond donors (Lipinski definition) is 1. The number of amides is 1. The number of nitrogens with one attached hydrogen (secondary N) is 1. The lowest BCUT2D eigenvalue weighted by Gasteiger charge is -2.29. The molecule has 5 rings (SSSR count). The van der Waals surface area contributed by atoms with E-state index in [0.29, 0.717) is 22.6 Å². The van der Waals surface area contributed by atoms with Crippen LogP contribution in [0.5, 0.6) is 0 Å². The Kier molecular flexibility index (Phi) is 5.08. The summed E-state index contributed by atoms with van der Waals surface area (Å²) >= 11 is 6.28. The number of benzene rings is 1. The summed E-state index contributed by atoms with van der Waals surface area (Å²) in [7, 11) is 0. The lowest BCUT2D eigenvalue weighted by Crippen LogP contribution is -2.44. The summed E-state index contributed by atoms with van der Waals surface area (Å²) in [5.41, 5.74) is 2.79. The van der Waals surface area contributed by atoms with Gasteiger partial charge >= 0.3 is 0 Å². The van der Waals surface area contributed by atoms with E-state index in [-0.39, 0.29) is 23.0 Å². The molecule has 0 atom stereocenters. The molecular weight excluding hydrogens is 417 g/mol. The first-order valence-corrected chi connectivity index (χ1v) is 10.6. The van der Waals surface area contributed by atoms with E-state index >= 15 is 0 Å². The van der Waals surface area contributed by atoms with Gasteiger partial charge < -0.3 is 10.2 Å². The third-order valence-corrected chi connectivity index (χ3v) is 6.02. The lowest BCUT2D eigenvalue weighted by atomic mass is 10.0. The Morgan fingerprint density at radius 3 is 2.68 bits per heavy atom. The van der Waals surface area contributed by atoms with Crippen LogP contribution in [-0.2, 0) is 6.54 Å². The van der Waals surface area contributed by atoms with Crippen LogP contribution in [0.4, 0.5) is 16.0 Å². The topological polar surface area (TPSA) is 61.4 Å². The number of halogens is 2. The summed E-state index contributed by atoms with van der Waals surface area (Å²) in [4.78, 5) is 26.3. The third-order valence-electron chi connectivity index (χ3n) is 5.71. The zero-order chi connectivity index (χ0) is 21.5. The Bertz CT molecular complexity index is 1160. The van der Waals surface area contributed by atoms with Gasteiger partial charge in [0.25, 0.3) is 5.91 Å². The summed E-state index contributed by atoms with van der Waals surface area (Å²) in [5.74, 6) is 0.806. The molecule has 0 unspecified atom stereocenters. The van der Waals surface area contributed by atoms with E-state index in [4.69, 9.17) is 16.6 Å². The molecular formula is C23H21ClFN5O. The first-order valence-electron chi connectivity index (χ1n) is 10.2. The Hall–Kier alpha value is -3.03. The second-order valence-corrected chi connectivity index (χ2v) is 8.18. The van der Waals surface area contributed by atoms with Gasteiger partial charge in [0.1, 0.15) is 17.5 Å². The van der Waals surface area contributed by atoms with Crippen molar-refractivity contribution in [2.45, 2.75) is 13.5 Å². The number of piperazine rings is 1. The zero-order valence-corrected chi connectivity index (χ0v) is 17.8. The monoisotopic (exact) mass is 437 g/mol. The van der Waals surface area contributed by atoms with E-state index in [0.717, 1.165) is 37.6 Å². The van der Waals surface area contributed by atoms with Gasteiger partial charge in [0.05, 0.1) is 22.8 Å². The van der Waals surface area contributed by atoms with Crippen LogP contribution in [0.3, 0.4) is 0 Å². The van der Waals surface area contributed by atoms with Crippen LogP contribution in [0, 0.1) is 12.7 Å². The fraction of sp³-hybridized carbons (Fsp3) is 0.261. The van der Waals surface area contributed by atoms with Crippen LogP contribution in [-0.4, -0.2) is 42.1 Å². The molecule has 0 radical (unpaired) electrons. The maximum atomic E-state index is 14.6. The van der Waals surface area contributed by atoms with Gasteiger partial charge in [0, 0.05) is 43.5 Å². The smallest absolute Gasteiger partial charge is 0.260 e. The van der Waals surface area contributed by atoms with Crippen LogP contribution in [0.1, 0.15) is 21.5 Å². The van der Waals surface area contributed by atoms with Crippen molar-refractivity contribution in [2.24, 2.45) is 0 Å². The summed E-state index contributed by atoms with van der Waals surface area (Å²) < 4.78 is 14.6. The molecule has 1 aromatic carbocycles. The van der Waals surface area contributed by atoms with E-state index in [2.05, 4.69) is 15.2 Å². The van der Waals surface area contributed by atoms with Gasteiger partial charge in [0.15, 0.2) is 0 Å². The molecule has 2 aliphatic heterocycles. The van der Waals surface area contributed by atoms with Crippen molar-refractivity contribution in [3.8, 4) is 11.3 Å². The lowest BCUT2D eigenvalue weighted by molar-refractivity contribution is 0.0996. The normalized spacial score (nSPS) is 16.0. The second kappa shape index (κ2) is 7.90. The minimum Gasteiger partial charge on any atom is -0.354 e. The zero-order valence-electron chi connectivity index (χ0n) is 17.0. The van der Waals surface area contributed by atoms with E-state index in [9.17, 15) is 9.18 Å². The van der Waals surface area contributed by atoms with E-state index in [1.807, 2.05) is 19.1 Å². The van der Waals surface area contributed by atoms with Gasteiger partial charge in [-0.25, -0.2) is 9.37 Å². The largest absolute Gasteiger partial charge is 0.354 e. The summed E-state index contributed by atoms with van der Waals surface area (Å²) in [6.45, 7) is 5.79. The quantitative estimate of drug-likeness (QED) is 0.675. The van der Waals surface area contributed by atoms with Crippen LogP contribution < -0.4 is 15.1 Å². The van der Waals surface area contributed by atoms with Crippen molar-refractivity contribution in [2.75, 3.05) is 36.0 Å². The molecule has 4 heterocycles.